The number of nitrogens with one attached hydrogen (secondary N) is 2. The Hall–Kier alpha value is -3.10. The molecule has 11 heteroatoms. The summed E-state index contributed by atoms with van der Waals surface area (Å²) >= 11 is 1.74. The Kier molecular flexibility index (Phi) is 8.08. The molecular weight excluding hydrogens is 428 g/mol. The number of nitriles is 1. The molecule has 0 radical (unpaired) electrons. The highest BCUT2D eigenvalue weighted by molar-refractivity contribution is 7.99. The summed E-state index contributed by atoms with van der Waals surface area (Å²) in [6.45, 7) is 9.58. The van der Waals surface area contributed by atoms with Crippen molar-refractivity contribution >= 4 is 29.1 Å². The molecule has 2 aromatic rings. The van der Waals surface area contributed by atoms with E-state index in [9.17, 15) is 10.1 Å². The van der Waals surface area contributed by atoms with Gasteiger partial charge < -0.3 is 15.0 Å². The van der Waals surface area contributed by atoms with Crippen LogP contribution in [0.25, 0.3) is 5.57 Å². The molecule has 32 heavy (non-hydrogen) atoms. The number of rotatable bonds is 7. The summed E-state index contributed by atoms with van der Waals surface area (Å²) in [6.07, 6.45) is 1.34. The molecule has 1 aromatic carbocycles. The number of amides is 1. The van der Waals surface area contributed by atoms with Crippen LogP contribution < -0.4 is 5.32 Å². The maximum atomic E-state index is 12.2. The summed E-state index contributed by atoms with van der Waals surface area (Å²) in [5, 5.41) is 26.0. The molecule has 1 saturated heterocycles. The van der Waals surface area contributed by atoms with Crippen molar-refractivity contribution in [1.82, 2.24) is 30.4 Å². The van der Waals surface area contributed by atoms with E-state index in [2.05, 4.69) is 36.9 Å². The van der Waals surface area contributed by atoms with Crippen molar-refractivity contribution in [3.8, 4) is 6.07 Å². The number of tetrazole rings is 1. The lowest BCUT2D eigenvalue weighted by molar-refractivity contribution is 0.0150. The van der Waals surface area contributed by atoms with E-state index in [1.165, 1.54) is 0 Å². The van der Waals surface area contributed by atoms with Gasteiger partial charge in [-0.1, -0.05) is 12.1 Å². The highest BCUT2D eigenvalue weighted by atomic mass is 32.2. The van der Waals surface area contributed by atoms with Crippen LogP contribution in [0.5, 0.6) is 0 Å². The first-order valence-electron chi connectivity index (χ1n) is 10.4. The van der Waals surface area contributed by atoms with Crippen LogP contribution in [0.2, 0.25) is 0 Å². The molecule has 0 bridgehead atoms. The summed E-state index contributed by atoms with van der Waals surface area (Å²) in [6, 6.07) is 10.0. The number of aromatic amines is 1. The lowest BCUT2D eigenvalue weighted by Crippen LogP contribution is -2.50. The minimum atomic E-state index is -0.471. The zero-order chi connectivity index (χ0) is 23.0. The summed E-state index contributed by atoms with van der Waals surface area (Å²) in [7, 11) is 0. The van der Waals surface area contributed by atoms with Gasteiger partial charge in [-0.15, -0.1) is 22.0 Å². The van der Waals surface area contributed by atoms with E-state index in [-0.39, 0.29) is 11.9 Å². The fraction of sp³-hybridized carbons (Fsp3) is 0.476. The van der Waals surface area contributed by atoms with Gasteiger partial charge in [0, 0.05) is 49.6 Å². The van der Waals surface area contributed by atoms with Gasteiger partial charge in [0.2, 0.25) is 5.82 Å². The first kappa shape index (κ1) is 23.6. The number of aromatic nitrogens is 4. The molecule has 1 fully saturated rings. The van der Waals surface area contributed by atoms with E-state index in [1.807, 2.05) is 45.0 Å². The Bertz CT molecular complexity index is 957. The van der Waals surface area contributed by atoms with Gasteiger partial charge in [0.15, 0.2) is 0 Å². The third-order valence-corrected chi connectivity index (χ3v) is 5.71. The number of anilines is 1. The van der Waals surface area contributed by atoms with E-state index in [0.29, 0.717) is 18.7 Å². The fourth-order valence-electron chi connectivity index (χ4n) is 3.05. The first-order chi connectivity index (χ1) is 15.4. The van der Waals surface area contributed by atoms with Crippen LogP contribution in [-0.4, -0.2) is 80.6 Å². The molecule has 2 N–H and O–H groups in total. The maximum absolute atomic E-state index is 12.2. The minimum Gasteiger partial charge on any atom is -0.444 e. The quantitative estimate of drug-likeness (QED) is 0.478. The number of thioether (sulfide) groups is 1. The highest BCUT2D eigenvalue weighted by Gasteiger charge is 2.25. The smallest absolute Gasteiger partial charge is 0.410 e. The van der Waals surface area contributed by atoms with Crippen LogP contribution >= 0.6 is 11.8 Å². The summed E-state index contributed by atoms with van der Waals surface area (Å²) in [5.74, 6) is 1.15. The minimum absolute atomic E-state index is 0.239. The van der Waals surface area contributed by atoms with Crippen molar-refractivity contribution in [2.45, 2.75) is 31.3 Å². The third-order valence-electron chi connectivity index (χ3n) is 4.65. The number of hydrogen-bond donors (Lipinski definition) is 2. The molecule has 1 aromatic heterocycles. The number of ether oxygens (including phenoxy) is 1. The zero-order valence-electron chi connectivity index (χ0n) is 18.5. The summed E-state index contributed by atoms with van der Waals surface area (Å²) < 4.78 is 5.46. The SMILES string of the molecule is CC(C)(C)OC(=O)N1CCN(CCSc2ccccc2NC=C(C#N)c2nn[nH]n2)CC1. The molecule has 0 atom stereocenters. The average molecular weight is 457 g/mol. The van der Waals surface area contributed by atoms with Crippen molar-refractivity contribution in [3.05, 3.63) is 36.3 Å². The van der Waals surface area contributed by atoms with Gasteiger partial charge >= 0.3 is 6.09 Å². The van der Waals surface area contributed by atoms with Crippen LogP contribution in [0, 0.1) is 11.3 Å². The standard InChI is InChI=1S/C21H28N8O2S/c1-21(2,3)31-20(30)29-10-8-28(9-11-29)12-13-32-18-7-5-4-6-17(18)23-15-16(14-22)19-24-26-27-25-19/h4-7,15,23H,8-13H2,1-3H3,(H,24,25,26,27). The second-order valence-electron chi connectivity index (χ2n) is 8.20. The normalized spacial score (nSPS) is 15.3. The lowest BCUT2D eigenvalue weighted by Gasteiger charge is -2.35. The van der Waals surface area contributed by atoms with Crippen molar-refractivity contribution in [2.24, 2.45) is 0 Å². The second-order valence-corrected chi connectivity index (χ2v) is 9.34. The van der Waals surface area contributed by atoms with Crippen LogP contribution in [0.3, 0.4) is 0 Å². The Balaban J connectivity index is 1.47. The Morgan fingerprint density at radius 3 is 2.72 bits per heavy atom. The predicted molar refractivity (Wildman–Crippen MR) is 123 cm³/mol. The van der Waals surface area contributed by atoms with Gasteiger partial charge in [-0.25, -0.2) is 4.79 Å². The number of piperazine rings is 1. The second kappa shape index (κ2) is 11.0. The van der Waals surface area contributed by atoms with Crippen LogP contribution in [0.15, 0.2) is 35.4 Å². The number of nitrogens with zero attached hydrogens (tertiary/aromatic N) is 6. The topological polar surface area (TPSA) is 123 Å². The highest BCUT2D eigenvalue weighted by Crippen LogP contribution is 2.27. The van der Waals surface area contributed by atoms with E-state index >= 15 is 0 Å². The van der Waals surface area contributed by atoms with Crippen LogP contribution in [0.4, 0.5) is 10.5 Å². The van der Waals surface area contributed by atoms with E-state index in [0.717, 1.165) is 36.0 Å². The van der Waals surface area contributed by atoms with Crippen molar-refractivity contribution in [1.29, 1.82) is 5.26 Å². The maximum Gasteiger partial charge on any atom is 0.410 e. The molecule has 0 aliphatic carbocycles. The Morgan fingerprint density at radius 2 is 2.06 bits per heavy atom. The molecule has 0 saturated carbocycles. The van der Waals surface area contributed by atoms with Crippen LogP contribution in [-0.2, 0) is 4.74 Å². The molecule has 1 aliphatic heterocycles. The number of H-pyrrole nitrogens is 1. The molecule has 0 spiro atoms. The lowest BCUT2D eigenvalue weighted by atomic mass is 10.2. The molecule has 2 heterocycles. The molecule has 3 rings (SSSR count). The van der Waals surface area contributed by atoms with E-state index < -0.39 is 5.60 Å². The monoisotopic (exact) mass is 456 g/mol. The Labute approximate surface area is 192 Å². The number of carbonyl (C=O) groups excluding carboxylic acids is 1. The van der Waals surface area contributed by atoms with E-state index in [4.69, 9.17) is 4.74 Å². The van der Waals surface area contributed by atoms with E-state index in [1.54, 1.807) is 22.9 Å². The number of hydrogen-bond acceptors (Lipinski definition) is 9. The number of carbonyl (C=O) groups is 1. The number of allylic oxidation sites excluding steroid dienone is 1. The summed E-state index contributed by atoms with van der Waals surface area (Å²) in [5.41, 5.74) is 0.728. The third kappa shape index (κ3) is 6.96. The first-order valence-corrected chi connectivity index (χ1v) is 11.4. The number of para-hydroxylation sites is 1. The van der Waals surface area contributed by atoms with Gasteiger partial charge in [0.05, 0.1) is 5.69 Å². The fourth-order valence-corrected chi connectivity index (χ4v) is 4.08. The molecule has 170 valence electrons. The van der Waals surface area contributed by atoms with Gasteiger partial charge in [0.25, 0.3) is 0 Å². The van der Waals surface area contributed by atoms with Gasteiger partial charge in [-0.3, -0.25) is 4.90 Å². The zero-order valence-corrected chi connectivity index (χ0v) is 19.4. The van der Waals surface area contributed by atoms with Gasteiger partial charge in [-0.05, 0) is 38.1 Å². The summed E-state index contributed by atoms with van der Waals surface area (Å²) in [4.78, 5) is 17.4. The van der Waals surface area contributed by atoms with Crippen molar-refractivity contribution in [2.75, 3.05) is 43.8 Å². The van der Waals surface area contributed by atoms with Crippen LogP contribution in [0.1, 0.15) is 26.6 Å². The molecule has 1 aliphatic rings. The van der Waals surface area contributed by atoms with Gasteiger partial charge in [-0.2, -0.15) is 10.5 Å². The van der Waals surface area contributed by atoms with Gasteiger partial charge in [0.1, 0.15) is 17.2 Å². The average Bonchev–Trinajstić information content (AvgIpc) is 3.29. The molecular formula is C21H28N8O2S. The largest absolute Gasteiger partial charge is 0.444 e. The van der Waals surface area contributed by atoms with Crippen molar-refractivity contribution < 1.29 is 9.53 Å². The van der Waals surface area contributed by atoms with Crippen molar-refractivity contribution in [3.63, 3.8) is 0 Å². The Morgan fingerprint density at radius 1 is 1.31 bits per heavy atom. The molecule has 10 nitrogen and oxygen atoms in total. The number of benzene rings is 1. The molecule has 0 unspecified atom stereocenters. The molecule has 1 amide bonds. The predicted octanol–water partition coefficient (Wildman–Crippen LogP) is 2.82.